The Morgan fingerprint density at radius 3 is 2.56 bits per heavy atom. The van der Waals surface area contributed by atoms with Gasteiger partial charge >= 0.3 is 0 Å². The second kappa shape index (κ2) is 5.46. The minimum Gasteiger partial charge on any atom is -0.380 e. The predicted molar refractivity (Wildman–Crippen MR) is 68.6 cm³/mol. The third-order valence-electron chi connectivity index (χ3n) is 3.19. The van der Waals surface area contributed by atoms with Crippen molar-refractivity contribution in [3.05, 3.63) is 39.9 Å². The third kappa shape index (κ3) is 3.27. The molecule has 1 aliphatic heterocycles. The fraction of sp³-hybridized carbons (Fsp3) is 0.538. The lowest BCUT2D eigenvalue weighted by atomic mass is 9.89. The Labute approximate surface area is 106 Å². The summed E-state index contributed by atoms with van der Waals surface area (Å²) in [4.78, 5) is 10.1. The Balaban J connectivity index is 1.71. The Kier molecular flexibility index (Phi) is 3.93. The second-order valence-corrected chi connectivity index (χ2v) is 5.15. The van der Waals surface area contributed by atoms with Crippen molar-refractivity contribution in [2.75, 3.05) is 26.3 Å². The number of non-ortho nitro benzene ring substituents is 1. The molecule has 2 rings (SSSR count). The number of hydrogen-bond acceptors (Lipinski definition) is 4. The highest BCUT2D eigenvalue weighted by atomic mass is 16.6. The van der Waals surface area contributed by atoms with Crippen LogP contribution >= 0.6 is 0 Å². The zero-order valence-corrected chi connectivity index (χ0v) is 10.5. The maximum atomic E-state index is 10.5. The molecule has 5 heteroatoms. The molecule has 1 N–H and O–H groups in total. The third-order valence-corrected chi connectivity index (χ3v) is 3.19. The van der Waals surface area contributed by atoms with Crippen LogP contribution in [-0.4, -0.2) is 31.2 Å². The number of hydrogen-bond donors (Lipinski definition) is 1. The van der Waals surface area contributed by atoms with E-state index in [0.717, 1.165) is 38.3 Å². The summed E-state index contributed by atoms with van der Waals surface area (Å²) in [6.07, 6.45) is 0.884. The van der Waals surface area contributed by atoms with Crippen molar-refractivity contribution in [1.82, 2.24) is 5.32 Å². The van der Waals surface area contributed by atoms with Crippen molar-refractivity contribution in [3.63, 3.8) is 0 Å². The van der Waals surface area contributed by atoms with E-state index in [-0.39, 0.29) is 16.0 Å². The number of nitro benzene ring substituents is 1. The summed E-state index contributed by atoms with van der Waals surface area (Å²) < 4.78 is 5.18. The van der Waals surface area contributed by atoms with E-state index < -0.39 is 0 Å². The Morgan fingerprint density at radius 1 is 1.39 bits per heavy atom. The first kappa shape index (κ1) is 13.0. The number of ether oxygens (including phenoxy) is 1. The van der Waals surface area contributed by atoms with E-state index in [1.54, 1.807) is 12.1 Å². The Bertz CT molecular complexity index is 413. The molecule has 0 bridgehead atoms. The normalized spacial score (nSPS) is 17.2. The molecule has 0 aromatic heterocycles. The molecule has 0 unspecified atom stereocenters. The summed E-state index contributed by atoms with van der Waals surface area (Å²) >= 11 is 0. The van der Waals surface area contributed by atoms with Gasteiger partial charge in [0.2, 0.25) is 0 Å². The van der Waals surface area contributed by atoms with E-state index in [1.165, 1.54) is 0 Å². The monoisotopic (exact) mass is 250 g/mol. The summed E-state index contributed by atoms with van der Waals surface area (Å²) in [5.41, 5.74) is 1.55. The van der Waals surface area contributed by atoms with Crippen LogP contribution < -0.4 is 5.32 Å². The van der Waals surface area contributed by atoms with Crippen LogP contribution in [0.5, 0.6) is 0 Å². The molecule has 0 aliphatic carbocycles. The van der Waals surface area contributed by atoms with Crippen molar-refractivity contribution in [3.8, 4) is 0 Å². The maximum Gasteiger partial charge on any atom is 0.269 e. The first-order valence-corrected chi connectivity index (χ1v) is 6.11. The first-order valence-electron chi connectivity index (χ1n) is 6.11. The lowest BCUT2D eigenvalue weighted by Gasteiger charge is -2.38. The van der Waals surface area contributed by atoms with Crippen molar-refractivity contribution < 1.29 is 9.66 Å². The number of nitrogens with one attached hydrogen (secondary N) is 1. The zero-order valence-electron chi connectivity index (χ0n) is 10.5. The molecule has 98 valence electrons. The molecule has 1 heterocycles. The van der Waals surface area contributed by atoms with Crippen molar-refractivity contribution in [1.29, 1.82) is 0 Å². The van der Waals surface area contributed by atoms with E-state index in [0.29, 0.717) is 0 Å². The Hall–Kier alpha value is -1.46. The average molecular weight is 250 g/mol. The summed E-state index contributed by atoms with van der Waals surface area (Å²) in [5, 5.41) is 13.9. The van der Waals surface area contributed by atoms with Crippen molar-refractivity contribution in [2.45, 2.75) is 13.3 Å². The zero-order chi connectivity index (χ0) is 13.0. The van der Waals surface area contributed by atoms with Crippen LogP contribution in [0.4, 0.5) is 5.69 Å². The van der Waals surface area contributed by atoms with Crippen LogP contribution in [0.25, 0.3) is 0 Å². The molecule has 1 saturated heterocycles. The molecular formula is C13H18N2O3. The molecule has 1 fully saturated rings. The lowest BCUT2D eigenvalue weighted by molar-refractivity contribution is -0.384. The van der Waals surface area contributed by atoms with E-state index in [1.807, 2.05) is 12.1 Å². The predicted octanol–water partition coefficient (Wildman–Crippen LogP) is 1.76. The van der Waals surface area contributed by atoms with Crippen LogP contribution in [0.1, 0.15) is 12.5 Å². The van der Waals surface area contributed by atoms with Gasteiger partial charge in [-0.2, -0.15) is 0 Å². The highest BCUT2D eigenvalue weighted by Gasteiger charge is 2.32. The van der Waals surface area contributed by atoms with Crippen LogP contribution in [0.3, 0.4) is 0 Å². The number of nitro groups is 1. The van der Waals surface area contributed by atoms with Gasteiger partial charge in [-0.05, 0) is 18.5 Å². The van der Waals surface area contributed by atoms with Gasteiger partial charge in [0.15, 0.2) is 0 Å². The smallest absolute Gasteiger partial charge is 0.269 e. The highest BCUT2D eigenvalue weighted by molar-refractivity contribution is 5.32. The molecule has 1 aliphatic rings. The molecule has 0 saturated carbocycles. The van der Waals surface area contributed by atoms with Gasteiger partial charge in [-0.25, -0.2) is 0 Å². The number of nitrogens with zero attached hydrogens (tertiary/aromatic N) is 1. The van der Waals surface area contributed by atoms with Crippen molar-refractivity contribution >= 4 is 5.69 Å². The largest absolute Gasteiger partial charge is 0.380 e. The molecule has 18 heavy (non-hydrogen) atoms. The van der Waals surface area contributed by atoms with Crippen LogP contribution in [-0.2, 0) is 11.2 Å². The molecule has 0 radical (unpaired) electrons. The van der Waals surface area contributed by atoms with Crippen LogP contribution in [0, 0.1) is 15.5 Å². The standard InChI is InChI=1S/C13H18N2O3/c1-13(9-18-10-13)8-14-7-6-11-2-4-12(5-3-11)15(16)17/h2-5,14H,6-10H2,1H3. The van der Waals surface area contributed by atoms with Gasteiger partial charge in [0.1, 0.15) is 0 Å². The van der Waals surface area contributed by atoms with Gasteiger partial charge in [-0.15, -0.1) is 0 Å². The SMILES string of the molecule is CC1(CNCCc2ccc([N+](=O)[O-])cc2)COC1. The van der Waals surface area contributed by atoms with Crippen molar-refractivity contribution in [2.24, 2.45) is 5.41 Å². The van der Waals surface area contributed by atoms with E-state index in [2.05, 4.69) is 12.2 Å². The van der Waals surface area contributed by atoms with Gasteiger partial charge in [0.25, 0.3) is 5.69 Å². The van der Waals surface area contributed by atoms with Crippen LogP contribution in [0.15, 0.2) is 24.3 Å². The van der Waals surface area contributed by atoms with E-state index in [4.69, 9.17) is 4.74 Å². The molecule has 1 aromatic carbocycles. The van der Waals surface area contributed by atoms with Crippen LogP contribution in [0.2, 0.25) is 0 Å². The second-order valence-electron chi connectivity index (χ2n) is 5.15. The molecule has 0 amide bonds. The first-order chi connectivity index (χ1) is 8.59. The van der Waals surface area contributed by atoms with Gasteiger partial charge in [-0.3, -0.25) is 10.1 Å². The molecule has 5 nitrogen and oxygen atoms in total. The topological polar surface area (TPSA) is 64.4 Å². The maximum absolute atomic E-state index is 10.5. The number of benzene rings is 1. The van der Waals surface area contributed by atoms with Gasteiger partial charge < -0.3 is 10.1 Å². The molecule has 1 aromatic rings. The molecule has 0 atom stereocenters. The average Bonchev–Trinajstić information content (AvgIpc) is 2.33. The summed E-state index contributed by atoms with van der Waals surface area (Å²) in [6.45, 7) is 5.71. The minimum absolute atomic E-state index is 0.144. The Morgan fingerprint density at radius 2 is 2.06 bits per heavy atom. The highest BCUT2D eigenvalue weighted by Crippen LogP contribution is 2.24. The number of rotatable bonds is 6. The molecule has 0 spiro atoms. The lowest BCUT2D eigenvalue weighted by Crippen LogP contribution is -2.47. The fourth-order valence-corrected chi connectivity index (χ4v) is 1.96. The van der Waals surface area contributed by atoms with E-state index >= 15 is 0 Å². The van der Waals surface area contributed by atoms with Gasteiger partial charge in [-0.1, -0.05) is 19.1 Å². The summed E-state index contributed by atoms with van der Waals surface area (Å²) in [6, 6.07) is 6.73. The quantitative estimate of drug-likeness (QED) is 0.474. The van der Waals surface area contributed by atoms with Gasteiger partial charge in [0.05, 0.1) is 18.1 Å². The molecular weight excluding hydrogens is 232 g/mol. The van der Waals surface area contributed by atoms with Gasteiger partial charge in [0, 0.05) is 24.1 Å². The summed E-state index contributed by atoms with van der Waals surface area (Å²) in [7, 11) is 0. The fourth-order valence-electron chi connectivity index (χ4n) is 1.96. The minimum atomic E-state index is -0.376. The van der Waals surface area contributed by atoms with E-state index in [9.17, 15) is 10.1 Å². The summed E-state index contributed by atoms with van der Waals surface area (Å²) in [5.74, 6) is 0.